The number of methoxy groups -OCH3 is 1. The van der Waals surface area contributed by atoms with Crippen LogP contribution >= 0.6 is 0 Å². The Bertz CT molecular complexity index is 601. The lowest BCUT2D eigenvalue weighted by molar-refractivity contribution is -0.145. The number of hydrogen-bond donors (Lipinski definition) is 1. The largest absolute Gasteiger partial charge is 0.508 e. The van der Waals surface area contributed by atoms with Gasteiger partial charge in [-0.3, -0.25) is 14.6 Å². The maximum absolute atomic E-state index is 12.1. The lowest BCUT2D eigenvalue weighted by Gasteiger charge is -2.04. The summed E-state index contributed by atoms with van der Waals surface area (Å²) in [5.41, 5.74) is 1.26. The molecule has 0 radical (unpaired) electrons. The first-order valence-corrected chi connectivity index (χ1v) is 5.71. The van der Waals surface area contributed by atoms with Crippen molar-refractivity contribution in [1.82, 2.24) is 0 Å². The summed E-state index contributed by atoms with van der Waals surface area (Å²) in [6.07, 6.45) is 1.54. The number of benzene rings is 1. The summed E-state index contributed by atoms with van der Waals surface area (Å²) < 4.78 is 4.58. The molecule has 98 valence electrons. The Hall–Kier alpha value is -2.43. The van der Waals surface area contributed by atoms with Gasteiger partial charge in [0.2, 0.25) is 5.78 Å². The fourth-order valence-electron chi connectivity index (χ4n) is 1.92. The fourth-order valence-corrected chi connectivity index (χ4v) is 1.92. The summed E-state index contributed by atoms with van der Waals surface area (Å²) in [5, 5.41) is 9.36. The zero-order valence-electron chi connectivity index (χ0n) is 10.6. The van der Waals surface area contributed by atoms with Gasteiger partial charge >= 0.3 is 5.97 Å². The third kappa shape index (κ3) is 2.54. The van der Waals surface area contributed by atoms with Crippen molar-refractivity contribution in [2.45, 2.75) is 6.92 Å². The smallest absolute Gasteiger partial charge is 0.322 e. The Morgan fingerprint density at radius 1 is 1.47 bits per heavy atom. The number of aliphatic imine (C=N–C) groups is 1. The minimum Gasteiger partial charge on any atom is -0.508 e. The maximum Gasteiger partial charge on any atom is 0.322 e. The summed E-state index contributed by atoms with van der Waals surface area (Å²) in [4.78, 5) is 27.6. The van der Waals surface area contributed by atoms with Crippen molar-refractivity contribution in [3.63, 3.8) is 0 Å². The topological polar surface area (TPSA) is 76.0 Å². The minimum atomic E-state index is -0.950. The Morgan fingerprint density at radius 2 is 2.21 bits per heavy atom. The van der Waals surface area contributed by atoms with Gasteiger partial charge in [-0.05, 0) is 30.7 Å². The third-order valence-corrected chi connectivity index (χ3v) is 2.84. The molecule has 2 rings (SSSR count). The van der Waals surface area contributed by atoms with E-state index in [0.717, 1.165) is 0 Å². The first-order chi connectivity index (χ1) is 9.02. The van der Waals surface area contributed by atoms with Crippen molar-refractivity contribution in [3.8, 4) is 5.75 Å². The molecular weight excluding hydrogens is 246 g/mol. The molecule has 1 unspecified atom stereocenters. The van der Waals surface area contributed by atoms with Crippen LogP contribution < -0.4 is 0 Å². The van der Waals surface area contributed by atoms with Crippen LogP contribution in [0.2, 0.25) is 0 Å². The number of esters is 1. The number of hydrogen-bond acceptors (Lipinski definition) is 5. The zero-order valence-corrected chi connectivity index (χ0v) is 10.6. The quantitative estimate of drug-likeness (QED) is 0.497. The number of phenolic OH excluding ortho intramolecular Hbond substituents is 1. The summed E-state index contributed by atoms with van der Waals surface area (Å²) in [6, 6.07) is 6.44. The Kier molecular flexibility index (Phi) is 3.46. The van der Waals surface area contributed by atoms with Gasteiger partial charge in [-0.25, -0.2) is 0 Å². The van der Waals surface area contributed by atoms with Gasteiger partial charge in [0, 0.05) is 5.71 Å². The number of carbonyl (C=O) groups excluding carboxylic acids is 2. The van der Waals surface area contributed by atoms with E-state index in [1.165, 1.54) is 25.3 Å². The molecule has 0 aromatic heterocycles. The summed E-state index contributed by atoms with van der Waals surface area (Å²) in [6.45, 7) is 1.61. The standard InChI is InChI=1S/C14H13NO4/c1-8-12(14(18)19-2)13(17)11(15-8)7-9-4-3-5-10(16)6-9/h3-7,12,16H,1-2H3/b11-7+. The van der Waals surface area contributed by atoms with Crippen LogP contribution in [-0.4, -0.2) is 29.7 Å². The molecule has 0 saturated carbocycles. The SMILES string of the molecule is COC(=O)C1C(=O)/C(=C\c2cccc(O)c2)N=C1C. The summed E-state index contributed by atoms with van der Waals surface area (Å²) in [7, 11) is 1.24. The lowest BCUT2D eigenvalue weighted by Crippen LogP contribution is -2.27. The predicted octanol–water partition coefficient (Wildman–Crippen LogP) is 1.57. The molecule has 0 saturated heterocycles. The van der Waals surface area contributed by atoms with E-state index < -0.39 is 11.9 Å². The number of nitrogens with zero attached hydrogens (tertiary/aromatic N) is 1. The molecule has 0 bridgehead atoms. The molecule has 1 aromatic rings. The van der Waals surface area contributed by atoms with Crippen molar-refractivity contribution in [3.05, 3.63) is 35.5 Å². The molecule has 1 N–H and O–H groups in total. The number of ketones is 1. The molecule has 0 amide bonds. The third-order valence-electron chi connectivity index (χ3n) is 2.84. The van der Waals surface area contributed by atoms with E-state index in [4.69, 9.17) is 0 Å². The van der Waals surface area contributed by atoms with Crippen LogP contribution in [0.3, 0.4) is 0 Å². The Labute approximate surface area is 110 Å². The van der Waals surface area contributed by atoms with E-state index in [1.807, 2.05) is 0 Å². The summed E-state index contributed by atoms with van der Waals surface area (Å²) >= 11 is 0. The van der Waals surface area contributed by atoms with E-state index in [9.17, 15) is 14.7 Å². The molecule has 0 spiro atoms. The Balaban J connectivity index is 2.33. The molecule has 1 aromatic carbocycles. The number of phenols is 1. The van der Waals surface area contributed by atoms with Gasteiger partial charge < -0.3 is 9.84 Å². The van der Waals surface area contributed by atoms with E-state index >= 15 is 0 Å². The molecule has 1 aliphatic rings. The molecule has 0 aliphatic carbocycles. The van der Waals surface area contributed by atoms with Crippen LogP contribution in [0.1, 0.15) is 12.5 Å². The van der Waals surface area contributed by atoms with E-state index in [1.54, 1.807) is 19.1 Å². The highest BCUT2D eigenvalue weighted by atomic mass is 16.5. The van der Waals surface area contributed by atoms with E-state index in [0.29, 0.717) is 11.3 Å². The number of aromatic hydroxyl groups is 1. The van der Waals surface area contributed by atoms with Gasteiger partial charge in [-0.2, -0.15) is 0 Å². The van der Waals surface area contributed by atoms with E-state index in [-0.39, 0.29) is 17.2 Å². The number of ether oxygens (including phenoxy) is 1. The van der Waals surface area contributed by atoms with Crippen molar-refractivity contribution < 1.29 is 19.4 Å². The average molecular weight is 259 g/mol. The first kappa shape index (κ1) is 13.0. The van der Waals surface area contributed by atoms with Gasteiger partial charge in [0.1, 0.15) is 11.4 Å². The highest BCUT2D eigenvalue weighted by molar-refractivity contribution is 6.28. The van der Waals surface area contributed by atoms with Gasteiger partial charge in [0.05, 0.1) is 7.11 Å². The van der Waals surface area contributed by atoms with Gasteiger partial charge in [0.15, 0.2) is 5.92 Å². The highest BCUT2D eigenvalue weighted by Crippen LogP contribution is 2.24. The van der Waals surface area contributed by atoms with Crippen molar-refractivity contribution in [2.75, 3.05) is 7.11 Å². The van der Waals surface area contributed by atoms with Crippen LogP contribution in [0.25, 0.3) is 6.08 Å². The molecule has 5 nitrogen and oxygen atoms in total. The van der Waals surface area contributed by atoms with Gasteiger partial charge in [0.25, 0.3) is 0 Å². The molecule has 1 atom stereocenters. The van der Waals surface area contributed by atoms with Crippen LogP contribution in [0.15, 0.2) is 35.0 Å². The first-order valence-electron chi connectivity index (χ1n) is 5.71. The number of carbonyl (C=O) groups is 2. The predicted molar refractivity (Wildman–Crippen MR) is 69.7 cm³/mol. The van der Waals surface area contributed by atoms with Crippen LogP contribution in [0.4, 0.5) is 0 Å². The number of rotatable bonds is 2. The van der Waals surface area contributed by atoms with Gasteiger partial charge in [-0.1, -0.05) is 12.1 Å². The van der Waals surface area contributed by atoms with Crippen molar-refractivity contribution in [2.24, 2.45) is 10.9 Å². The van der Waals surface area contributed by atoms with Crippen LogP contribution in [0, 0.1) is 5.92 Å². The lowest BCUT2D eigenvalue weighted by atomic mass is 10.0. The van der Waals surface area contributed by atoms with Crippen molar-refractivity contribution >= 4 is 23.5 Å². The zero-order chi connectivity index (χ0) is 14.0. The molecular formula is C14H13NO4. The fraction of sp³-hybridized carbons (Fsp3) is 0.214. The monoisotopic (exact) mass is 259 g/mol. The second-order valence-corrected chi connectivity index (χ2v) is 4.20. The molecule has 5 heteroatoms. The number of Topliss-reactive ketones (excluding diaryl/α,β-unsaturated/α-hetero) is 1. The molecule has 1 aliphatic heterocycles. The normalized spacial score (nSPS) is 20.5. The van der Waals surface area contributed by atoms with E-state index in [2.05, 4.69) is 9.73 Å². The maximum atomic E-state index is 12.1. The average Bonchev–Trinajstić information content (AvgIpc) is 2.64. The second-order valence-electron chi connectivity index (χ2n) is 4.20. The molecule has 0 fully saturated rings. The van der Waals surface area contributed by atoms with Gasteiger partial charge in [-0.15, -0.1) is 0 Å². The number of allylic oxidation sites excluding steroid dienone is 1. The molecule has 1 heterocycles. The van der Waals surface area contributed by atoms with Crippen LogP contribution in [0.5, 0.6) is 5.75 Å². The van der Waals surface area contributed by atoms with Crippen LogP contribution in [-0.2, 0) is 14.3 Å². The molecule has 19 heavy (non-hydrogen) atoms. The summed E-state index contributed by atoms with van der Waals surface area (Å²) in [5.74, 6) is -1.84. The highest BCUT2D eigenvalue weighted by Gasteiger charge is 2.37. The van der Waals surface area contributed by atoms with Crippen molar-refractivity contribution in [1.29, 1.82) is 0 Å². The second kappa shape index (κ2) is 5.06. The minimum absolute atomic E-state index is 0.102. The Morgan fingerprint density at radius 3 is 2.84 bits per heavy atom.